The number of ether oxygens (including phenoxy) is 1. The predicted molar refractivity (Wildman–Crippen MR) is 53.0 cm³/mol. The smallest absolute Gasteiger partial charge is 0.224 e. The highest BCUT2D eigenvalue weighted by molar-refractivity contribution is 5.79. The standard InChI is InChI=1S/C10H18N2O2/c13-10(8-3-4-11-6-8)12-7-9-2-1-5-14-9/h8-9,11H,1-7H2,(H,12,13)/t8-,9?/m0/s1. The molecule has 0 spiro atoms. The van der Waals surface area contributed by atoms with Gasteiger partial charge in [0.1, 0.15) is 0 Å². The third kappa shape index (κ3) is 2.45. The fourth-order valence-electron chi connectivity index (χ4n) is 2.04. The van der Waals surface area contributed by atoms with Crippen molar-refractivity contribution in [2.24, 2.45) is 5.92 Å². The molecule has 2 rings (SSSR count). The second-order valence-electron chi connectivity index (χ2n) is 4.07. The van der Waals surface area contributed by atoms with Gasteiger partial charge in [-0.25, -0.2) is 0 Å². The second kappa shape index (κ2) is 4.75. The summed E-state index contributed by atoms with van der Waals surface area (Å²) in [5, 5.41) is 6.15. The molecule has 2 fully saturated rings. The quantitative estimate of drug-likeness (QED) is 0.665. The first-order valence-corrected chi connectivity index (χ1v) is 5.46. The molecule has 2 saturated heterocycles. The van der Waals surface area contributed by atoms with E-state index in [1.807, 2.05) is 0 Å². The Hall–Kier alpha value is -0.610. The molecule has 1 amide bonds. The maximum Gasteiger partial charge on any atom is 0.224 e. The van der Waals surface area contributed by atoms with Gasteiger partial charge in [-0.1, -0.05) is 0 Å². The van der Waals surface area contributed by atoms with Crippen molar-refractivity contribution in [1.82, 2.24) is 10.6 Å². The molecule has 0 radical (unpaired) electrons. The van der Waals surface area contributed by atoms with Crippen LogP contribution in [-0.4, -0.2) is 38.3 Å². The Morgan fingerprint density at radius 3 is 3.07 bits per heavy atom. The van der Waals surface area contributed by atoms with Gasteiger partial charge < -0.3 is 15.4 Å². The summed E-state index contributed by atoms with van der Waals surface area (Å²) < 4.78 is 5.44. The minimum absolute atomic E-state index is 0.177. The Morgan fingerprint density at radius 2 is 2.43 bits per heavy atom. The largest absolute Gasteiger partial charge is 0.376 e. The highest BCUT2D eigenvalue weighted by atomic mass is 16.5. The van der Waals surface area contributed by atoms with Gasteiger partial charge in [-0.3, -0.25) is 4.79 Å². The van der Waals surface area contributed by atoms with E-state index in [2.05, 4.69) is 10.6 Å². The zero-order valence-electron chi connectivity index (χ0n) is 8.42. The van der Waals surface area contributed by atoms with Crippen molar-refractivity contribution < 1.29 is 9.53 Å². The van der Waals surface area contributed by atoms with Crippen LogP contribution in [0.2, 0.25) is 0 Å². The molecule has 0 aromatic carbocycles. The van der Waals surface area contributed by atoms with E-state index in [0.29, 0.717) is 6.54 Å². The number of rotatable bonds is 3. The Kier molecular flexibility index (Phi) is 3.37. The molecule has 0 saturated carbocycles. The van der Waals surface area contributed by atoms with Crippen LogP contribution < -0.4 is 10.6 Å². The summed E-state index contributed by atoms with van der Waals surface area (Å²) in [4.78, 5) is 11.6. The van der Waals surface area contributed by atoms with Crippen LogP contribution in [-0.2, 0) is 9.53 Å². The van der Waals surface area contributed by atoms with E-state index in [-0.39, 0.29) is 17.9 Å². The van der Waals surface area contributed by atoms with Crippen molar-refractivity contribution in [1.29, 1.82) is 0 Å². The van der Waals surface area contributed by atoms with Crippen LogP contribution in [0, 0.1) is 5.92 Å². The van der Waals surface area contributed by atoms with Crippen LogP contribution in [0.1, 0.15) is 19.3 Å². The van der Waals surface area contributed by atoms with Crippen molar-refractivity contribution in [3.05, 3.63) is 0 Å². The van der Waals surface area contributed by atoms with Gasteiger partial charge in [0, 0.05) is 19.7 Å². The number of amides is 1. The van der Waals surface area contributed by atoms with Crippen LogP contribution >= 0.6 is 0 Å². The molecule has 0 aliphatic carbocycles. The molecule has 2 aliphatic heterocycles. The Bertz CT molecular complexity index is 196. The Morgan fingerprint density at radius 1 is 1.50 bits per heavy atom. The number of nitrogens with one attached hydrogen (secondary N) is 2. The minimum atomic E-state index is 0.177. The number of hydrogen-bond acceptors (Lipinski definition) is 3. The van der Waals surface area contributed by atoms with Gasteiger partial charge in [0.15, 0.2) is 0 Å². The maximum absolute atomic E-state index is 11.6. The lowest BCUT2D eigenvalue weighted by molar-refractivity contribution is -0.124. The van der Waals surface area contributed by atoms with Crippen LogP contribution in [0.4, 0.5) is 0 Å². The highest BCUT2D eigenvalue weighted by Gasteiger charge is 2.23. The molecule has 0 bridgehead atoms. The number of hydrogen-bond donors (Lipinski definition) is 2. The van der Waals surface area contributed by atoms with Gasteiger partial charge in [0.05, 0.1) is 12.0 Å². The molecular weight excluding hydrogens is 180 g/mol. The summed E-state index contributed by atoms with van der Waals surface area (Å²) in [5.41, 5.74) is 0. The van der Waals surface area contributed by atoms with Crippen molar-refractivity contribution >= 4 is 5.91 Å². The van der Waals surface area contributed by atoms with E-state index >= 15 is 0 Å². The normalized spacial score (nSPS) is 32.0. The lowest BCUT2D eigenvalue weighted by Gasteiger charge is -2.13. The van der Waals surface area contributed by atoms with Gasteiger partial charge in [-0.05, 0) is 25.8 Å². The first-order chi connectivity index (χ1) is 6.86. The average Bonchev–Trinajstić information content (AvgIpc) is 2.87. The fourth-order valence-corrected chi connectivity index (χ4v) is 2.04. The van der Waals surface area contributed by atoms with Crippen LogP contribution in [0.15, 0.2) is 0 Å². The lowest BCUT2D eigenvalue weighted by atomic mass is 10.1. The van der Waals surface area contributed by atoms with Crippen molar-refractivity contribution in [2.45, 2.75) is 25.4 Å². The van der Waals surface area contributed by atoms with E-state index in [0.717, 1.165) is 39.0 Å². The molecular formula is C10H18N2O2. The van der Waals surface area contributed by atoms with Crippen LogP contribution in [0.25, 0.3) is 0 Å². The van der Waals surface area contributed by atoms with E-state index in [4.69, 9.17) is 4.74 Å². The third-order valence-electron chi connectivity index (χ3n) is 2.96. The monoisotopic (exact) mass is 198 g/mol. The van der Waals surface area contributed by atoms with E-state index in [1.165, 1.54) is 0 Å². The van der Waals surface area contributed by atoms with Gasteiger partial charge in [0.25, 0.3) is 0 Å². The van der Waals surface area contributed by atoms with Gasteiger partial charge >= 0.3 is 0 Å². The first kappa shape index (κ1) is 9.93. The van der Waals surface area contributed by atoms with E-state index in [9.17, 15) is 4.79 Å². The molecule has 0 aromatic heterocycles. The Balaban J connectivity index is 1.66. The summed E-state index contributed by atoms with van der Waals surface area (Å²) >= 11 is 0. The number of carbonyl (C=O) groups excluding carboxylic acids is 1. The third-order valence-corrected chi connectivity index (χ3v) is 2.96. The van der Waals surface area contributed by atoms with Gasteiger partial charge in [0.2, 0.25) is 5.91 Å². The lowest BCUT2D eigenvalue weighted by Crippen LogP contribution is -2.36. The van der Waals surface area contributed by atoms with Gasteiger partial charge in [-0.2, -0.15) is 0 Å². The zero-order valence-corrected chi connectivity index (χ0v) is 8.42. The second-order valence-corrected chi connectivity index (χ2v) is 4.07. The SMILES string of the molecule is O=C(NCC1CCCO1)[C@H]1CCNC1. The van der Waals surface area contributed by atoms with Crippen molar-refractivity contribution in [3.63, 3.8) is 0 Å². The zero-order chi connectivity index (χ0) is 9.80. The molecule has 80 valence electrons. The molecule has 2 heterocycles. The van der Waals surface area contributed by atoms with Crippen molar-refractivity contribution in [3.8, 4) is 0 Å². The molecule has 1 unspecified atom stereocenters. The molecule has 4 heteroatoms. The minimum Gasteiger partial charge on any atom is -0.376 e. The molecule has 2 atom stereocenters. The summed E-state index contributed by atoms with van der Waals surface area (Å²) in [6.45, 7) is 3.34. The molecule has 2 N–H and O–H groups in total. The number of carbonyl (C=O) groups is 1. The highest BCUT2D eigenvalue weighted by Crippen LogP contribution is 2.11. The van der Waals surface area contributed by atoms with E-state index < -0.39 is 0 Å². The fraction of sp³-hybridized carbons (Fsp3) is 0.900. The Labute approximate surface area is 84.4 Å². The molecule has 4 nitrogen and oxygen atoms in total. The predicted octanol–water partition coefficient (Wildman–Crippen LogP) is -0.109. The topological polar surface area (TPSA) is 50.4 Å². The van der Waals surface area contributed by atoms with Crippen molar-refractivity contribution in [2.75, 3.05) is 26.2 Å². The molecule has 2 aliphatic rings. The summed E-state index contributed by atoms with van der Waals surface area (Å²) in [7, 11) is 0. The van der Waals surface area contributed by atoms with Crippen LogP contribution in [0.3, 0.4) is 0 Å². The van der Waals surface area contributed by atoms with E-state index in [1.54, 1.807) is 0 Å². The molecule has 14 heavy (non-hydrogen) atoms. The summed E-state index contributed by atoms with van der Waals surface area (Å²) in [5.74, 6) is 0.363. The summed E-state index contributed by atoms with van der Waals surface area (Å²) in [6, 6.07) is 0. The van der Waals surface area contributed by atoms with Gasteiger partial charge in [-0.15, -0.1) is 0 Å². The first-order valence-electron chi connectivity index (χ1n) is 5.46. The average molecular weight is 198 g/mol. The van der Waals surface area contributed by atoms with Crippen LogP contribution in [0.5, 0.6) is 0 Å². The molecule has 0 aromatic rings. The maximum atomic E-state index is 11.6. The summed E-state index contributed by atoms with van der Waals surface area (Å²) in [6.07, 6.45) is 3.44.